The maximum absolute atomic E-state index is 13.9. The van der Waals surface area contributed by atoms with Gasteiger partial charge in [0.25, 0.3) is 0 Å². The maximum Gasteiger partial charge on any atom is 0.189 e. The van der Waals surface area contributed by atoms with Gasteiger partial charge in [0.05, 0.1) is 13.5 Å². The fourth-order valence-corrected chi connectivity index (χ4v) is 4.37. The highest BCUT2D eigenvalue weighted by Gasteiger charge is 2.54. The highest BCUT2D eigenvalue weighted by Crippen LogP contribution is 2.54. The molecular weight excluding hydrogens is 456 g/mol. The van der Waals surface area contributed by atoms with E-state index >= 15 is 0 Å². The molecule has 3 aromatic rings. The lowest BCUT2D eigenvalue weighted by atomic mass is 9.67. The molecule has 0 aliphatic heterocycles. The number of nitrogens with zero attached hydrogens (tertiary/aromatic N) is 2. The molecule has 0 saturated heterocycles. The molecule has 0 radical (unpaired) electrons. The lowest BCUT2D eigenvalue weighted by Crippen LogP contribution is -2.32. The van der Waals surface area contributed by atoms with E-state index in [0.29, 0.717) is 10.6 Å². The van der Waals surface area contributed by atoms with E-state index < -0.39 is 41.2 Å². The number of nitriles is 2. The third-order valence-electron chi connectivity index (χ3n) is 6.22. The Bertz CT molecular complexity index is 1520. The lowest BCUT2D eigenvalue weighted by Gasteiger charge is -2.29. The molecule has 0 fully saturated rings. The Kier molecular flexibility index (Phi) is 5.65. The van der Waals surface area contributed by atoms with Gasteiger partial charge < -0.3 is 0 Å². The quantitative estimate of drug-likeness (QED) is 0.363. The summed E-state index contributed by atoms with van der Waals surface area (Å²) < 4.78 is 26.8. The van der Waals surface area contributed by atoms with Crippen LogP contribution in [0.4, 0.5) is 0 Å². The summed E-state index contributed by atoms with van der Waals surface area (Å²) in [6.07, 6.45) is -2.85. The molecule has 3 aromatic carbocycles. The largest absolute Gasteiger partial charge is 0.294 e. The number of rotatable bonds is 6. The average molecular weight is 482 g/mol. The second kappa shape index (κ2) is 9.71. The predicted molar refractivity (Wildman–Crippen MR) is 135 cm³/mol. The highest BCUT2D eigenvalue weighted by molar-refractivity contribution is 6.30. The van der Waals surface area contributed by atoms with Crippen molar-refractivity contribution in [1.29, 1.82) is 10.5 Å². The molecule has 172 valence electrons. The first-order valence-electron chi connectivity index (χ1n) is 12.5. The summed E-state index contributed by atoms with van der Waals surface area (Å²) in [6, 6.07) is 22.4. The van der Waals surface area contributed by atoms with E-state index in [2.05, 4.69) is 0 Å². The van der Waals surface area contributed by atoms with Crippen molar-refractivity contribution in [2.24, 2.45) is 11.3 Å². The van der Waals surface area contributed by atoms with E-state index in [4.69, 9.17) is 15.7 Å². The summed E-state index contributed by atoms with van der Waals surface area (Å²) in [5.41, 5.74) is -0.0667. The van der Waals surface area contributed by atoms with E-state index in [0.717, 1.165) is 11.1 Å². The zero-order valence-corrected chi connectivity index (χ0v) is 19.9. The molecule has 0 amide bonds. The molecule has 35 heavy (non-hydrogen) atoms. The van der Waals surface area contributed by atoms with E-state index in [-0.39, 0.29) is 16.7 Å². The van der Waals surface area contributed by atoms with Crippen LogP contribution in [-0.4, -0.2) is 11.6 Å². The fourth-order valence-electron chi connectivity index (χ4n) is 4.24. The molecule has 4 nitrogen and oxygen atoms in total. The summed E-state index contributed by atoms with van der Waals surface area (Å²) in [6.45, 7) is 3.67. The number of halogens is 1. The smallest absolute Gasteiger partial charge is 0.189 e. The Morgan fingerprint density at radius 3 is 1.94 bits per heavy atom. The first kappa shape index (κ1) is 20.4. The lowest BCUT2D eigenvalue weighted by molar-refractivity contribution is 0.0955. The van der Waals surface area contributed by atoms with Crippen molar-refractivity contribution in [2.45, 2.75) is 26.1 Å². The number of ketones is 2. The molecule has 2 atom stereocenters. The van der Waals surface area contributed by atoms with Crippen LogP contribution in [0.25, 0.3) is 0 Å². The summed E-state index contributed by atoms with van der Waals surface area (Å²) in [5.74, 6) is -4.70. The van der Waals surface area contributed by atoms with Gasteiger partial charge in [0.1, 0.15) is 0 Å². The Morgan fingerprint density at radius 2 is 1.43 bits per heavy atom. The van der Waals surface area contributed by atoms with Gasteiger partial charge in [0.2, 0.25) is 0 Å². The SMILES string of the molecule is [2H]C1=C(C(=O)c2ccc(C)cc2)[C@H](c2ccc(Cl)cc2)C(C#N)(C#N)[C@H]1C([2H])([2H])C(=O)c1ccc(C)cc1. The van der Waals surface area contributed by atoms with Crippen molar-refractivity contribution < 1.29 is 13.7 Å². The molecule has 0 aromatic heterocycles. The van der Waals surface area contributed by atoms with Crippen LogP contribution >= 0.6 is 11.6 Å². The maximum atomic E-state index is 13.9. The van der Waals surface area contributed by atoms with E-state index in [1.807, 2.05) is 26.0 Å². The standard InChI is InChI=1S/C30H23ClN2O2/c1-19-3-7-21(8-4-19)27(34)16-24-15-26(29(35)23-9-5-20(2)6-10-23)28(30(24,17-32)18-33)22-11-13-25(31)14-12-22/h3-15,24,28H,16H2,1-2H3/t24-,28+/m1/s1/i15D,16D2. The molecule has 0 bridgehead atoms. The third-order valence-corrected chi connectivity index (χ3v) is 6.47. The topological polar surface area (TPSA) is 81.7 Å². The Balaban J connectivity index is 1.98. The van der Waals surface area contributed by atoms with Crippen LogP contribution in [0.3, 0.4) is 0 Å². The molecule has 0 N–H and O–H groups in total. The van der Waals surface area contributed by atoms with E-state index in [9.17, 15) is 20.1 Å². The Labute approximate surface area is 214 Å². The second-order valence-electron chi connectivity index (χ2n) is 8.60. The van der Waals surface area contributed by atoms with Crippen LogP contribution in [0.2, 0.25) is 5.02 Å². The minimum Gasteiger partial charge on any atom is -0.294 e. The van der Waals surface area contributed by atoms with Crippen LogP contribution in [0.15, 0.2) is 84.4 Å². The minimum absolute atomic E-state index is 0.0412. The van der Waals surface area contributed by atoms with Crippen molar-refractivity contribution in [3.8, 4) is 12.1 Å². The molecule has 1 aliphatic rings. The zero-order valence-electron chi connectivity index (χ0n) is 22.2. The monoisotopic (exact) mass is 481 g/mol. The molecule has 0 spiro atoms. The van der Waals surface area contributed by atoms with E-state index in [1.54, 1.807) is 48.5 Å². The molecule has 1 aliphatic carbocycles. The van der Waals surface area contributed by atoms with Gasteiger partial charge in [-0.05, 0) is 31.5 Å². The van der Waals surface area contributed by atoms with Crippen LogP contribution < -0.4 is 0 Å². The molecule has 4 rings (SSSR count). The van der Waals surface area contributed by atoms with E-state index in [1.165, 1.54) is 24.3 Å². The van der Waals surface area contributed by atoms with Gasteiger partial charge in [-0.25, -0.2) is 0 Å². The third kappa shape index (κ3) is 4.54. The average Bonchev–Trinajstić information content (AvgIpc) is 3.18. The molecular formula is C30H23ClN2O2. The first-order valence-corrected chi connectivity index (χ1v) is 11.4. The number of hydrogen-bond donors (Lipinski definition) is 0. The fraction of sp³-hybridized carbons (Fsp3) is 0.200. The Morgan fingerprint density at radius 1 is 0.914 bits per heavy atom. The molecule has 5 heteroatoms. The number of allylic oxidation sites excluding steroid dienone is 2. The van der Waals surface area contributed by atoms with Gasteiger partial charge in [-0.2, -0.15) is 10.5 Å². The van der Waals surface area contributed by atoms with Gasteiger partial charge in [-0.1, -0.05) is 89.4 Å². The van der Waals surface area contributed by atoms with Crippen molar-refractivity contribution in [2.75, 3.05) is 0 Å². The normalized spacial score (nSPS) is 20.2. The first-order chi connectivity index (χ1) is 18.0. The number of benzene rings is 3. The van der Waals surface area contributed by atoms with Crippen LogP contribution in [0.1, 0.15) is 53.8 Å². The van der Waals surface area contributed by atoms with Crippen molar-refractivity contribution in [3.63, 3.8) is 0 Å². The number of carbonyl (C=O) groups is 2. The number of carbonyl (C=O) groups excluding carboxylic acids is 2. The summed E-state index contributed by atoms with van der Waals surface area (Å²) in [4.78, 5) is 27.4. The number of Topliss-reactive ketones (excluding diaryl/α,β-unsaturated/α-hetero) is 2. The van der Waals surface area contributed by atoms with Gasteiger partial charge in [0.15, 0.2) is 17.0 Å². The number of hydrogen-bond acceptors (Lipinski definition) is 4. The van der Waals surface area contributed by atoms with Crippen LogP contribution in [0, 0.1) is 47.8 Å². The van der Waals surface area contributed by atoms with Gasteiger partial charge in [-0.3, -0.25) is 9.59 Å². The van der Waals surface area contributed by atoms with Crippen molar-refractivity contribution >= 4 is 23.2 Å². The van der Waals surface area contributed by atoms with Crippen molar-refractivity contribution in [1.82, 2.24) is 0 Å². The van der Waals surface area contributed by atoms with Gasteiger partial charge >= 0.3 is 0 Å². The van der Waals surface area contributed by atoms with Gasteiger partial charge in [-0.15, -0.1) is 0 Å². The van der Waals surface area contributed by atoms with Crippen LogP contribution in [-0.2, 0) is 0 Å². The predicted octanol–water partition coefficient (Wildman–Crippen LogP) is 6.79. The number of aryl methyl sites for hydroxylation is 2. The van der Waals surface area contributed by atoms with Crippen LogP contribution in [0.5, 0.6) is 0 Å². The molecule has 0 heterocycles. The minimum atomic E-state index is -2.85. The van der Waals surface area contributed by atoms with Crippen molar-refractivity contribution in [3.05, 3.63) is 117 Å². The molecule has 0 saturated carbocycles. The summed E-state index contributed by atoms with van der Waals surface area (Å²) >= 11 is 6.07. The highest BCUT2D eigenvalue weighted by atomic mass is 35.5. The molecule has 0 unspecified atom stereocenters. The van der Waals surface area contributed by atoms with Gasteiger partial charge in [0, 0.05) is 42.7 Å². The zero-order chi connectivity index (χ0) is 27.8. The summed E-state index contributed by atoms with van der Waals surface area (Å²) in [7, 11) is 0. The summed E-state index contributed by atoms with van der Waals surface area (Å²) in [5, 5.41) is 21.3. The Hall–Kier alpha value is -3.99. The second-order valence-corrected chi connectivity index (χ2v) is 9.04.